The number of morpholine rings is 1. The van der Waals surface area contributed by atoms with Gasteiger partial charge in [-0.05, 0) is 6.07 Å². The van der Waals surface area contributed by atoms with E-state index >= 15 is 0 Å². The van der Waals surface area contributed by atoms with Gasteiger partial charge < -0.3 is 10.1 Å². The molecule has 0 saturated carbocycles. The van der Waals surface area contributed by atoms with E-state index in [0.717, 1.165) is 56.6 Å². The lowest BCUT2D eigenvalue weighted by Crippen LogP contribution is -2.39. The smallest absolute Gasteiger partial charge is 0.161 e. The predicted molar refractivity (Wildman–Crippen MR) is 83.2 cm³/mol. The van der Waals surface area contributed by atoms with Crippen molar-refractivity contribution in [1.29, 1.82) is 0 Å². The molecule has 0 atom stereocenters. The van der Waals surface area contributed by atoms with E-state index in [1.165, 1.54) is 0 Å². The first-order valence-electron chi connectivity index (χ1n) is 7.34. The molecule has 1 aliphatic rings. The highest BCUT2D eigenvalue weighted by atomic mass is 16.5. The normalized spacial score (nSPS) is 15.8. The minimum atomic E-state index is 0.756. The molecule has 0 aliphatic carbocycles. The second kappa shape index (κ2) is 7.15. The maximum absolute atomic E-state index is 5.35. The molecule has 110 valence electrons. The molecule has 0 amide bonds. The third-order valence-electron chi connectivity index (χ3n) is 3.53. The lowest BCUT2D eigenvalue weighted by molar-refractivity contribution is 0.0398. The van der Waals surface area contributed by atoms with Crippen LogP contribution in [0.5, 0.6) is 0 Å². The van der Waals surface area contributed by atoms with E-state index < -0.39 is 0 Å². The number of ether oxygens (including phenoxy) is 1. The summed E-state index contributed by atoms with van der Waals surface area (Å²) in [6.07, 6.45) is 1.80. The molecular formula is C16H20N4O. The van der Waals surface area contributed by atoms with Crippen LogP contribution in [0, 0.1) is 0 Å². The zero-order valence-electron chi connectivity index (χ0n) is 12.0. The number of nitrogens with one attached hydrogen (secondary N) is 1. The second-order valence-electron chi connectivity index (χ2n) is 5.01. The van der Waals surface area contributed by atoms with Crippen LogP contribution in [-0.4, -0.2) is 54.3 Å². The summed E-state index contributed by atoms with van der Waals surface area (Å²) in [4.78, 5) is 11.3. The van der Waals surface area contributed by atoms with Crippen molar-refractivity contribution < 1.29 is 4.74 Å². The molecule has 1 aromatic heterocycles. The molecule has 0 unspecified atom stereocenters. The van der Waals surface area contributed by atoms with E-state index in [0.29, 0.717) is 0 Å². The Hall–Kier alpha value is -1.98. The molecule has 0 radical (unpaired) electrons. The van der Waals surface area contributed by atoms with E-state index in [1.807, 2.05) is 36.4 Å². The molecule has 0 spiro atoms. The maximum Gasteiger partial charge on any atom is 0.161 e. The van der Waals surface area contributed by atoms with Crippen LogP contribution in [0.15, 0.2) is 42.6 Å². The fraction of sp³-hybridized carbons (Fsp3) is 0.375. The molecular weight excluding hydrogens is 264 g/mol. The van der Waals surface area contributed by atoms with Crippen LogP contribution < -0.4 is 5.32 Å². The molecule has 1 saturated heterocycles. The van der Waals surface area contributed by atoms with Gasteiger partial charge in [0.1, 0.15) is 5.82 Å². The summed E-state index contributed by atoms with van der Waals surface area (Å²) in [7, 11) is 0. The van der Waals surface area contributed by atoms with Crippen LogP contribution in [0.2, 0.25) is 0 Å². The van der Waals surface area contributed by atoms with E-state index in [4.69, 9.17) is 4.74 Å². The molecule has 2 aromatic rings. The quantitative estimate of drug-likeness (QED) is 0.908. The van der Waals surface area contributed by atoms with Crippen LogP contribution in [-0.2, 0) is 4.74 Å². The van der Waals surface area contributed by atoms with Crippen molar-refractivity contribution >= 4 is 5.82 Å². The van der Waals surface area contributed by atoms with Gasteiger partial charge in [0.15, 0.2) is 5.82 Å². The predicted octanol–water partition coefficient (Wildman–Crippen LogP) is 1.89. The summed E-state index contributed by atoms with van der Waals surface area (Å²) in [6.45, 7) is 5.60. The van der Waals surface area contributed by atoms with Crippen molar-refractivity contribution in [3.05, 3.63) is 42.6 Å². The summed E-state index contributed by atoms with van der Waals surface area (Å²) in [5.41, 5.74) is 1.04. The minimum absolute atomic E-state index is 0.756. The molecule has 21 heavy (non-hydrogen) atoms. The van der Waals surface area contributed by atoms with E-state index in [1.54, 1.807) is 6.20 Å². The summed E-state index contributed by atoms with van der Waals surface area (Å²) in [5.74, 6) is 1.63. The first-order chi connectivity index (χ1) is 10.4. The number of anilines is 1. The summed E-state index contributed by atoms with van der Waals surface area (Å²) < 4.78 is 5.35. The van der Waals surface area contributed by atoms with Gasteiger partial charge in [-0.25, -0.2) is 9.97 Å². The van der Waals surface area contributed by atoms with E-state index in [2.05, 4.69) is 20.2 Å². The Morgan fingerprint density at radius 3 is 2.71 bits per heavy atom. The summed E-state index contributed by atoms with van der Waals surface area (Å²) >= 11 is 0. The highest BCUT2D eigenvalue weighted by molar-refractivity contribution is 5.56. The van der Waals surface area contributed by atoms with Gasteiger partial charge in [0.05, 0.1) is 13.2 Å². The molecule has 0 bridgehead atoms. The number of nitrogens with zero attached hydrogens (tertiary/aromatic N) is 3. The van der Waals surface area contributed by atoms with Gasteiger partial charge in [-0.2, -0.15) is 0 Å². The highest BCUT2D eigenvalue weighted by Gasteiger charge is 2.09. The Morgan fingerprint density at radius 2 is 1.90 bits per heavy atom. The Morgan fingerprint density at radius 1 is 1.10 bits per heavy atom. The van der Waals surface area contributed by atoms with Gasteiger partial charge >= 0.3 is 0 Å². The fourth-order valence-electron chi connectivity index (χ4n) is 2.35. The Bertz CT molecular complexity index is 555. The van der Waals surface area contributed by atoms with Crippen molar-refractivity contribution in [3.8, 4) is 11.4 Å². The van der Waals surface area contributed by atoms with Gasteiger partial charge in [-0.15, -0.1) is 0 Å². The first kappa shape index (κ1) is 14.0. The molecule has 1 fully saturated rings. The maximum atomic E-state index is 5.35. The molecule has 5 heteroatoms. The summed E-state index contributed by atoms with van der Waals surface area (Å²) in [5, 5.41) is 3.37. The van der Waals surface area contributed by atoms with Crippen molar-refractivity contribution in [3.63, 3.8) is 0 Å². The Balaban J connectivity index is 1.56. The topological polar surface area (TPSA) is 50.3 Å². The number of hydrogen-bond acceptors (Lipinski definition) is 5. The molecule has 2 heterocycles. The third kappa shape index (κ3) is 4.00. The van der Waals surface area contributed by atoms with Gasteiger partial charge in [0.25, 0.3) is 0 Å². The lowest BCUT2D eigenvalue weighted by atomic mass is 10.2. The van der Waals surface area contributed by atoms with Crippen LogP contribution in [0.4, 0.5) is 5.82 Å². The summed E-state index contributed by atoms with van der Waals surface area (Å²) in [6, 6.07) is 11.9. The van der Waals surface area contributed by atoms with Crippen LogP contribution in [0.25, 0.3) is 11.4 Å². The standard InChI is InChI=1S/C16H20N4O/c1-2-4-14(5-3-1)16-18-7-6-15(19-16)17-8-9-20-10-12-21-13-11-20/h1-7H,8-13H2,(H,17,18,19). The van der Waals surface area contributed by atoms with Gasteiger partial charge in [-0.1, -0.05) is 30.3 Å². The van der Waals surface area contributed by atoms with Crippen LogP contribution >= 0.6 is 0 Å². The highest BCUT2D eigenvalue weighted by Crippen LogP contribution is 2.15. The third-order valence-corrected chi connectivity index (χ3v) is 3.53. The zero-order valence-corrected chi connectivity index (χ0v) is 12.0. The van der Waals surface area contributed by atoms with Crippen molar-refractivity contribution in [2.75, 3.05) is 44.7 Å². The second-order valence-corrected chi connectivity index (χ2v) is 5.01. The molecule has 3 rings (SSSR count). The number of aromatic nitrogens is 2. The monoisotopic (exact) mass is 284 g/mol. The first-order valence-corrected chi connectivity index (χ1v) is 7.34. The van der Waals surface area contributed by atoms with Crippen molar-refractivity contribution in [1.82, 2.24) is 14.9 Å². The van der Waals surface area contributed by atoms with Gasteiger partial charge in [0, 0.05) is 37.9 Å². The lowest BCUT2D eigenvalue weighted by Gasteiger charge is -2.26. The SMILES string of the molecule is c1ccc(-c2nccc(NCCN3CCOCC3)n2)cc1. The Kier molecular flexibility index (Phi) is 4.76. The molecule has 5 nitrogen and oxygen atoms in total. The molecule has 1 N–H and O–H groups in total. The molecule has 1 aromatic carbocycles. The van der Waals surface area contributed by atoms with Crippen molar-refractivity contribution in [2.24, 2.45) is 0 Å². The number of benzene rings is 1. The largest absolute Gasteiger partial charge is 0.379 e. The van der Waals surface area contributed by atoms with E-state index in [9.17, 15) is 0 Å². The number of hydrogen-bond donors (Lipinski definition) is 1. The average molecular weight is 284 g/mol. The van der Waals surface area contributed by atoms with Crippen LogP contribution in [0.1, 0.15) is 0 Å². The number of rotatable bonds is 5. The van der Waals surface area contributed by atoms with E-state index in [-0.39, 0.29) is 0 Å². The van der Waals surface area contributed by atoms with Crippen LogP contribution in [0.3, 0.4) is 0 Å². The van der Waals surface area contributed by atoms with Gasteiger partial charge in [-0.3, -0.25) is 4.90 Å². The van der Waals surface area contributed by atoms with Gasteiger partial charge in [0.2, 0.25) is 0 Å². The fourth-order valence-corrected chi connectivity index (χ4v) is 2.35. The molecule has 1 aliphatic heterocycles. The Labute approximate surface area is 125 Å². The van der Waals surface area contributed by atoms with Crippen molar-refractivity contribution in [2.45, 2.75) is 0 Å². The average Bonchev–Trinajstić information content (AvgIpc) is 2.57. The zero-order chi connectivity index (χ0) is 14.3. The minimum Gasteiger partial charge on any atom is -0.379 e.